The van der Waals surface area contributed by atoms with E-state index in [2.05, 4.69) is 0 Å². The predicted molar refractivity (Wildman–Crippen MR) is 21.9 cm³/mol. The van der Waals surface area contributed by atoms with Gasteiger partial charge in [0.05, 0.1) is 5.09 Å². The third-order valence-corrected chi connectivity index (χ3v) is 0. The van der Waals surface area contributed by atoms with Gasteiger partial charge in [0.25, 0.3) is 0 Å². The first kappa shape index (κ1) is 22.6. The van der Waals surface area contributed by atoms with Gasteiger partial charge in [-0.05, 0) is 0 Å². The fourth-order valence-electron chi connectivity index (χ4n) is 0. The Bertz CT molecular complexity index is 35.9. The van der Waals surface area contributed by atoms with E-state index < -0.39 is 5.09 Å². The molecule has 0 amide bonds. The van der Waals surface area contributed by atoms with Crippen molar-refractivity contribution >= 4 is 97.8 Å². The fraction of sp³-hybridized carbons (Fsp3) is 0. The summed E-state index contributed by atoms with van der Waals surface area (Å²) in [5, 5.41) is 14.8. The van der Waals surface area contributed by atoms with Crippen LogP contribution in [0.1, 0.15) is 0 Å². The molecule has 0 bridgehead atoms. The molecule has 0 aromatic heterocycles. The molecule has 0 aliphatic heterocycles. The fourth-order valence-corrected chi connectivity index (χ4v) is 0. The van der Waals surface area contributed by atoms with E-state index in [4.69, 9.17) is 15.3 Å². The van der Waals surface area contributed by atoms with Gasteiger partial charge in [0.1, 0.15) is 0 Å². The monoisotopic (exact) mass is 373 g/mol. The van der Waals surface area contributed by atoms with Gasteiger partial charge in [-0.15, -0.1) is 0 Å². The second-order valence-electron chi connectivity index (χ2n) is 0.224. The second-order valence-corrected chi connectivity index (χ2v) is 0.224. The third kappa shape index (κ3) is 54.8. The molecule has 0 aromatic carbocycles. The van der Waals surface area contributed by atoms with E-state index in [1.807, 2.05) is 0 Å². The minimum atomic E-state index is -1.75. The topological polar surface area (TPSA) is 66.2 Å². The molecule has 0 unspecified atom stereocenters. The Morgan fingerprint density at radius 2 is 1.14 bits per heavy atom. The minimum absolute atomic E-state index is 0. The maximum atomic E-state index is 8.25. The Balaban J connectivity index is -0.0000000150. The molecular formula is Ba2ClNO3+2. The SMILES string of the molecule is O=[N+]([O-])[O-].[Ba+2].[Ba+2].[Cl-]. The van der Waals surface area contributed by atoms with Crippen LogP contribution in [0.5, 0.6) is 0 Å². The molecule has 0 N–H and O–H groups in total. The maximum Gasteiger partial charge on any atom is 2.00 e. The molecule has 32 valence electrons. The molecule has 7 heteroatoms. The third-order valence-electron chi connectivity index (χ3n) is 0. The summed E-state index contributed by atoms with van der Waals surface area (Å²) in [6.07, 6.45) is 0. The Kier molecular flexibility index (Phi) is 51.2. The van der Waals surface area contributed by atoms with E-state index >= 15 is 0 Å². The quantitative estimate of drug-likeness (QED) is 0.248. The van der Waals surface area contributed by atoms with Crippen LogP contribution in [0, 0.1) is 15.3 Å². The van der Waals surface area contributed by atoms with Gasteiger partial charge in [0, 0.05) is 0 Å². The van der Waals surface area contributed by atoms with Crippen molar-refractivity contribution in [1.29, 1.82) is 0 Å². The van der Waals surface area contributed by atoms with Gasteiger partial charge >= 0.3 is 97.8 Å². The van der Waals surface area contributed by atoms with Crippen molar-refractivity contribution in [2.75, 3.05) is 0 Å². The summed E-state index contributed by atoms with van der Waals surface area (Å²) >= 11 is 0. The minimum Gasteiger partial charge on any atom is -1.00 e. The molecule has 7 heavy (non-hydrogen) atoms. The van der Waals surface area contributed by atoms with Crippen molar-refractivity contribution in [3.05, 3.63) is 15.3 Å². The number of hydrogen-bond acceptors (Lipinski definition) is 3. The zero-order valence-electron chi connectivity index (χ0n) is 3.46. The molecule has 0 aromatic rings. The van der Waals surface area contributed by atoms with E-state index in [9.17, 15) is 0 Å². The standard InChI is InChI=1S/2Ba.ClH.NO3/c;;;2-1(3)4/h;;1H;/q2*+2;;-1/p-1. The van der Waals surface area contributed by atoms with Crippen LogP contribution in [0.15, 0.2) is 0 Å². The van der Waals surface area contributed by atoms with Gasteiger partial charge in [-0.2, -0.15) is 0 Å². The van der Waals surface area contributed by atoms with Gasteiger partial charge in [-0.25, -0.2) is 0 Å². The summed E-state index contributed by atoms with van der Waals surface area (Å²) in [5.41, 5.74) is 0. The molecule has 4 nitrogen and oxygen atoms in total. The summed E-state index contributed by atoms with van der Waals surface area (Å²) in [5.74, 6) is 0. The van der Waals surface area contributed by atoms with Crippen LogP contribution in [0.25, 0.3) is 0 Å². The Hall–Kier alpha value is 2.63. The first-order valence-electron chi connectivity index (χ1n) is 0.548. The normalized spacial score (nSPS) is 3.43. The predicted octanol–water partition coefficient (Wildman–Crippen LogP) is -4.00. The van der Waals surface area contributed by atoms with Gasteiger partial charge in [-0.1, -0.05) is 0 Å². The second kappa shape index (κ2) is 15.9. The van der Waals surface area contributed by atoms with E-state index in [-0.39, 0.29) is 110 Å². The zero-order valence-corrected chi connectivity index (χ0v) is 13.1. The molecule has 0 aliphatic carbocycles. The molecule has 0 saturated carbocycles. The van der Waals surface area contributed by atoms with Crippen molar-refractivity contribution in [1.82, 2.24) is 0 Å². The molecule has 0 rings (SSSR count). The first-order valence-corrected chi connectivity index (χ1v) is 0.548. The number of halogens is 1. The van der Waals surface area contributed by atoms with Gasteiger partial charge in [-0.3, -0.25) is 0 Å². The van der Waals surface area contributed by atoms with E-state index in [1.165, 1.54) is 0 Å². The largest absolute Gasteiger partial charge is 2.00 e. The van der Waals surface area contributed by atoms with Crippen LogP contribution >= 0.6 is 0 Å². The van der Waals surface area contributed by atoms with E-state index in [1.54, 1.807) is 0 Å². The average molecular weight is 372 g/mol. The Morgan fingerprint density at radius 1 is 1.14 bits per heavy atom. The summed E-state index contributed by atoms with van der Waals surface area (Å²) in [6.45, 7) is 0. The molecule has 0 radical (unpaired) electrons. The van der Waals surface area contributed by atoms with Crippen LogP contribution in [-0.2, 0) is 0 Å². The van der Waals surface area contributed by atoms with Gasteiger partial charge in [0.2, 0.25) is 0 Å². The van der Waals surface area contributed by atoms with Crippen LogP contribution < -0.4 is 12.4 Å². The summed E-state index contributed by atoms with van der Waals surface area (Å²) < 4.78 is 0. The van der Waals surface area contributed by atoms with Crippen molar-refractivity contribution in [2.24, 2.45) is 0 Å². The number of nitrogens with zero attached hydrogens (tertiary/aromatic N) is 1. The Labute approximate surface area is 127 Å². The number of rotatable bonds is 0. The summed E-state index contributed by atoms with van der Waals surface area (Å²) in [4.78, 5) is 8.25. The van der Waals surface area contributed by atoms with Gasteiger partial charge < -0.3 is 27.7 Å². The van der Waals surface area contributed by atoms with Crippen molar-refractivity contribution in [2.45, 2.75) is 0 Å². The van der Waals surface area contributed by atoms with E-state index in [0.29, 0.717) is 0 Å². The average Bonchev–Trinajstić information content (AvgIpc) is 0.811. The van der Waals surface area contributed by atoms with Crippen molar-refractivity contribution in [3.63, 3.8) is 0 Å². The smallest absolute Gasteiger partial charge is 1.00 e. The summed E-state index contributed by atoms with van der Waals surface area (Å²) in [6, 6.07) is 0. The van der Waals surface area contributed by atoms with Crippen LogP contribution in [0.2, 0.25) is 0 Å². The van der Waals surface area contributed by atoms with Crippen LogP contribution in [0.3, 0.4) is 0 Å². The van der Waals surface area contributed by atoms with Crippen molar-refractivity contribution < 1.29 is 17.5 Å². The Morgan fingerprint density at radius 3 is 1.14 bits per heavy atom. The molecular weight excluding hydrogens is 372 g/mol. The molecule has 0 fully saturated rings. The molecule has 0 spiro atoms. The van der Waals surface area contributed by atoms with Crippen molar-refractivity contribution in [3.8, 4) is 0 Å². The summed E-state index contributed by atoms with van der Waals surface area (Å²) in [7, 11) is 0. The zero-order chi connectivity index (χ0) is 3.58. The molecule has 0 aliphatic rings. The van der Waals surface area contributed by atoms with Gasteiger partial charge in [0.15, 0.2) is 0 Å². The molecule has 0 heterocycles. The van der Waals surface area contributed by atoms with Crippen LogP contribution in [-0.4, -0.2) is 103 Å². The van der Waals surface area contributed by atoms with E-state index in [0.717, 1.165) is 0 Å². The molecule has 0 atom stereocenters. The molecule has 0 saturated heterocycles. The van der Waals surface area contributed by atoms with Crippen LogP contribution in [0.4, 0.5) is 0 Å². The number of hydrogen-bond donors (Lipinski definition) is 0. The first-order chi connectivity index (χ1) is 1.73. The maximum absolute atomic E-state index is 8.25.